The van der Waals surface area contributed by atoms with Crippen LogP contribution in [-0.2, 0) is 14.1 Å². The van der Waals surface area contributed by atoms with Gasteiger partial charge in [-0.1, -0.05) is 128 Å². The molecular weight excluding hydrogens is 1750 g/mol. The third kappa shape index (κ3) is 17.9. The summed E-state index contributed by atoms with van der Waals surface area (Å²) in [5.74, 6) is 7.23. The van der Waals surface area contributed by atoms with Crippen LogP contribution in [0.2, 0.25) is 20.1 Å². The maximum absolute atomic E-state index is 13.7. The Balaban J connectivity index is 0.000000122. The first-order chi connectivity index (χ1) is 63.5. The average molecular weight is 1840 g/mol. The van der Waals surface area contributed by atoms with Crippen LogP contribution in [0.1, 0.15) is 163 Å². The van der Waals surface area contributed by atoms with Crippen molar-refractivity contribution in [3.8, 4) is 51.1 Å². The van der Waals surface area contributed by atoms with E-state index in [-0.39, 0.29) is 81.8 Å². The van der Waals surface area contributed by atoms with Gasteiger partial charge in [0, 0.05) is 45.3 Å². The zero-order valence-corrected chi connectivity index (χ0v) is 74.8. The fraction of sp³-hybridized carbons (Fsp3) is 0.270. The van der Waals surface area contributed by atoms with Gasteiger partial charge >= 0.3 is 0 Å². The Morgan fingerprint density at radius 2 is 0.725 bits per heavy atom. The number of pyridine rings is 1. The van der Waals surface area contributed by atoms with Gasteiger partial charge < -0.3 is 48.7 Å². The summed E-state index contributed by atoms with van der Waals surface area (Å²) in [6.07, 6.45) is 18.3. The van der Waals surface area contributed by atoms with Gasteiger partial charge in [-0.15, -0.1) is 0 Å². The first kappa shape index (κ1) is 88.2. The van der Waals surface area contributed by atoms with E-state index in [4.69, 9.17) is 93.8 Å². The highest BCUT2D eigenvalue weighted by molar-refractivity contribution is 6.36. The number of anilines is 8. The monoisotopic (exact) mass is 1840 g/mol. The molecule has 12 aromatic heterocycles. The minimum Gasteiger partial charge on any atom is -0.383 e. The topological polar surface area (TPSA) is 508 Å². The van der Waals surface area contributed by atoms with E-state index < -0.39 is 6.04 Å². The van der Waals surface area contributed by atoms with Crippen molar-refractivity contribution in [2.24, 2.45) is 14.1 Å². The first-order valence-corrected chi connectivity index (χ1v) is 43.8. The highest BCUT2D eigenvalue weighted by Gasteiger charge is 2.37. The first-order valence-electron chi connectivity index (χ1n) is 42.3. The number of aryl methyl sites for hydroxylation is 3. The Hall–Kier alpha value is -14.9. The molecule has 0 bridgehead atoms. The summed E-state index contributed by atoms with van der Waals surface area (Å²) < 4.78 is 15.2. The van der Waals surface area contributed by atoms with Gasteiger partial charge in [0.1, 0.15) is 124 Å². The normalized spacial score (nSPS) is 13.9. The fourth-order valence-corrected chi connectivity index (χ4v) is 16.7. The molecule has 12 heterocycles. The number of aromatic nitrogens is 25. The number of nitrogens with two attached hydrogens (primary N) is 4. The van der Waals surface area contributed by atoms with Crippen molar-refractivity contribution in [2.45, 2.75) is 141 Å². The third-order valence-electron chi connectivity index (χ3n) is 22.5. The van der Waals surface area contributed by atoms with E-state index in [1.54, 1.807) is 116 Å². The number of benzene rings is 5. The number of hydrogen-bond acceptors (Lipinski definition) is 32. The van der Waals surface area contributed by atoms with Crippen molar-refractivity contribution in [3.05, 3.63) is 256 Å². The van der Waals surface area contributed by atoms with Crippen LogP contribution in [0.5, 0.6) is 0 Å². The maximum atomic E-state index is 13.7. The lowest BCUT2D eigenvalue weighted by molar-refractivity contribution is 0.394. The molecule has 3 saturated carbocycles. The molecule has 0 unspecified atom stereocenters. The standard InChI is InChI=1S/C24H22ClN9O.C23H22ClN7O.C21H22ClN9O.C21H21ClN8O2/c1-3-16(31-21-19(20(26)27-12-28-21)23-29-13-30-33(23)2)22-32-17-11-7-10-15(25)18(17)24(35)34(22)14-8-5-4-6-9-14;1-2-15(29-21-19(20(25)27-12-28-21)16-7-3-4-11-26-16)22-30-17-8-5-6-14(24)18(17)23(32)31(22)13-9-10-13;1-3-13(28-18-16(17(23)24-9-25-18)20-26-10-27-30(20)2)19-29-14-6-4-5-12(22)15(14)21(32)31(19)11-7-8-11;1-3-13(27-18-16(17(23)24-9-25-18)19-26-10(2)32-29-19)20-28-14-6-4-5-12(22)15(14)21(31)30(20)11-7-8-11/h4-13,16H,3H2,1-2H3,(H3,26,27,28,31);3-8,11-13,15H,2,9-10H2,1H3,(H3,25,27,28,29);4-6,9-11,13H,3,7-8H2,1-2H3,(H3,23,24,25,28);4-6,9,11,13H,3,7-8H2,1-2H3,(H3,23,24,25,27)/t16-;15-;2*13-/m0000/s1. The van der Waals surface area contributed by atoms with E-state index in [2.05, 4.69) is 96.4 Å². The summed E-state index contributed by atoms with van der Waals surface area (Å²) in [5, 5.41) is 29.2. The molecule has 5 aromatic carbocycles. The average Bonchev–Trinajstić information content (AvgIpc) is 1.76. The van der Waals surface area contributed by atoms with Gasteiger partial charge in [-0.2, -0.15) is 15.2 Å². The minimum absolute atomic E-state index is 0.106. The predicted molar refractivity (Wildman–Crippen MR) is 504 cm³/mol. The summed E-state index contributed by atoms with van der Waals surface area (Å²) in [7, 11) is 3.53. The molecule has 0 aliphatic heterocycles. The molecule has 12 N–H and O–H groups in total. The van der Waals surface area contributed by atoms with Gasteiger partial charge in [-0.3, -0.25) is 42.4 Å². The van der Waals surface area contributed by atoms with E-state index in [1.165, 1.54) is 38.0 Å². The quantitative estimate of drug-likeness (QED) is 0.0278. The Labute approximate surface area is 765 Å². The molecule has 3 aliphatic rings. The van der Waals surface area contributed by atoms with Crippen LogP contribution in [0.4, 0.5) is 46.5 Å². The third-order valence-corrected chi connectivity index (χ3v) is 23.8. The highest BCUT2D eigenvalue weighted by atomic mass is 35.5. The fourth-order valence-electron chi connectivity index (χ4n) is 15.7. The Bertz CT molecular complexity index is 7430. The lowest BCUT2D eigenvalue weighted by atomic mass is 10.1. The molecule has 0 saturated heterocycles. The SMILES string of the molecule is CC[C@H](Nc1ncnc(N)c1-c1ccccn1)c1nc2cccc(Cl)c2c(=O)n1C1CC1.CC[C@H](Nc1ncnc(N)c1-c1ncnn1C)c1nc2cccc(Cl)c2c(=O)n1-c1ccccc1.CC[C@H](Nc1ncnc(N)c1-c1ncnn1C)c1nc2cccc(Cl)c2c(=O)n1C1CC1.CC[C@H](Nc1ncnc(N)c1-c1noc(C)n1)c1nc2cccc(Cl)c2c(=O)n1C1CC1. The number of halogens is 4. The predicted octanol–water partition coefficient (Wildman–Crippen LogP) is 14.9. The van der Waals surface area contributed by atoms with Gasteiger partial charge in [-0.05, 0) is 137 Å². The van der Waals surface area contributed by atoms with Crippen LogP contribution < -0.4 is 66.4 Å². The second-order valence-electron chi connectivity index (χ2n) is 31.2. The Morgan fingerprint density at radius 1 is 0.382 bits per heavy atom. The van der Waals surface area contributed by atoms with E-state index >= 15 is 0 Å². The van der Waals surface area contributed by atoms with Gasteiger partial charge in [-0.25, -0.2) is 79.1 Å². The second kappa shape index (κ2) is 37.8. The molecule has 131 heavy (non-hydrogen) atoms. The molecule has 3 fully saturated rings. The molecule has 20 rings (SSSR count). The Kier molecular flexibility index (Phi) is 25.4. The highest BCUT2D eigenvalue weighted by Crippen LogP contribution is 2.44. The van der Waals surface area contributed by atoms with Crippen molar-refractivity contribution in [3.63, 3.8) is 0 Å². The molecule has 0 spiro atoms. The zero-order chi connectivity index (χ0) is 91.6. The van der Waals surface area contributed by atoms with Gasteiger partial charge in [0.15, 0.2) is 11.6 Å². The number of para-hydroxylation sites is 1. The van der Waals surface area contributed by atoms with Crippen molar-refractivity contribution < 1.29 is 4.52 Å². The smallest absolute Gasteiger partial charge is 0.267 e. The van der Waals surface area contributed by atoms with E-state index in [1.807, 2.05) is 88.4 Å². The Morgan fingerprint density at radius 3 is 1.07 bits per heavy atom. The van der Waals surface area contributed by atoms with Gasteiger partial charge in [0.05, 0.1) is 105 Å². The van der Waals surface area contributed by atoms with Crippen LogP contribution >= 0.6 is 46.4 Å². The number of rotatable bonds is 24. The second-order valence-corrected chi connectivity index (χ2v) is 32.9. The van der Waals surface area contributed by atoms with Gasteiger partial charge in [0.2, 0.25) is 11.7 Å². The minimum atomic E-state index is -0.410. The van der Waals surface area contributed by atoms with E-state index in [9.17, 15) is 19.2 Å². The molecule has 3 aliphatic carbocycles. The van der Waals surface area contributed by atoms with E-state index in [0.717, 1.165) is 38.5 Å². The largest absolute Gasteiger partial charge is 0.383 e. The van der Waals surface area contributed by atoms with Crippen molar-refractivity contribution in [1.82, 2.24) is 123 Å². The van der Waals surface area contributed by atoms with Crippen LogP contribution in [0, 0.1) is 6.92 Å². The summed E-state index contributed by atoms with van der Waals surface area (Å²) in [6, 6.07) is 35.2. The van der Waals surface area contributed by atoms with Crippen molar-refractivity contribution in [2.75, 3.05) is 44.2 Å². The molecular formula is C89H87Cl4N33O5. The zero-order valence-electron chi connectivity index (χ0n) is 71.7. The van der Waals surface area contributed by atoms with Crippen molar-refractivity contribution >= 4 is 137 Å². The summed E-state index contributed by atoms with van der Waals surface area (Å²) in [4.78, 5) is 125. The van der Waals surface area contributed by atoms with Crippen molar-refractivity contribution in [1.29, 1.82) is 0 Å². The molecule has 42 heteroatoms. The molecule has 17 aromatic rings. The molecule has 666 valence electrons. The summed E-state index contributed by atoms with van der Waals surface area (Å²) >= 11 is 25.5. The number of nitrogens with one attached hydrogen (secondary N) is 4. The lowest BCUT2D eigenvalue weighted by Crippen LogP contribution is -2.29. The number of nitrogens with zero attached hydrogens (tertiary/aromatic N) is 25. The van der Waals surface area contributed by atoms with Crippen LogP contribution in [0.15, 0.2) is 189 Å². The number of nitrogen functional groups attached to an aromatic ring is 4. The molecule has 4 atom stereocenters. The summed E-state index contributed by atoms with van der Waals surface area (Å²) in [5.41, 5.74) is 29.8. The van der Waals surface area contributed by atoms with Crippen LogP contribution in [0.25, 0.3) is 94.7 Å². The molecule has 38 nitrogen and oxygen atoms in total. The van der Waals surface area contributed by atoms with Gasteiger partial charge in [0.25, 0.3) is 22.2 Å². The molecule has 0 radical (unpaired) electrons. The van der Waals surface area contributed by atoms with E-state index in [0.29, 0.717) is 193 Å². The van der Waals surface area contributed by atoms with Crippen LogP contribution in [-0.4, -0.2) is 123 Å². The molecule has 0 amide bonds. The summed E-state index contributed by atoms with van der Waals surface area (Å²) in [6.45, 7) is 9.75. The van der Waals surface area contributed by atoms with Crippen LogP contribution in [0.3, 0.4) is 0 Å². The number of fused-ring (bicyclic) bond motifs is 4. The lowest BCUT2D eigenvalue weighted by Gasteiger charge is -2.23. The number of hydrogen-bond donors (Lipinski definition) is 8. The maximum Gasteiger partial charge on any atom is 0.267 e.